The van der Waals surface area contributed by atoms with E-state index >= 15 is 0 Å². The third kappa shape index (κ3) is 4.86. The molecule has 0 radical (unpaired) electrons. The molecule has 1 aliphatic rings. The zero-order valence-corrected chi connectivity index (χ0v) is 16.5. The molecule has 0 spiro atoms. The lowest BCUT2D eigenvalue weighted by molar-refractivity contribution is -0.0374. The van der Waals surface area contributed by atoms with Gasteiger partial charge in [-0.2, -0.15) is 0 Å². The van der Waals surface area contributed by atoms with E-state index in [1.54, 1.807) is 30.5 Å². The first-order valence-corrected chi connectivity index (χ1v) is 9.88. The van der Waals surface area contributed by atoms with Gasteiger partial charge in [0, 0.05) is 38.4 Å². The molecule has 0 saturated carbocycles. The van der Waals surface area contributed by atoms with Crippen LogP contribution in [0, 0.1) is 5.92 Å². The highest BCUT2D eigenvalue weighted by molar-refractivity contribution is 5.90. The lowest BCUT2D eigenvalue weighted by Crippen LogP contribution is -2.47. The van der Waals surface area contributed by atoms with Crippen molar-refractivity contribution in [2.75, 3.05) is 13.1 Å². The largest absolute Gasteiger partial charge is 0.373 e. The fraction of sp³-hybridized carbons (Fsp3) is 0.364. The lowest BCUT2D eigenvalue weighted by atomic mass is 9.88. The molecular weight excluding hydrogens is 366 g/mol. The van der Waals surface area contributed by atoms with Gasteiger partial charge in [0.05, 0.1) is 12.7 Å². The van der Waals surface area contributed by atoms with Crippen molar-refractivity contribution in [3.05, 3.63) is 78.1 Å². The van der Waals surface area contributed by atoms with Crippen molar-refractivity contribution < 1.29 is 9.53 Å². The van der Waals surface area contributed by atoms with Gasteiger partial charge >= 0.3 is 0 Å². The standard InChI is InChI=1S/C22H25N5O2/c1-26-16-24-21(25-26)22(28)27-12-9-20(29-15-18-7-10-23-11-8-18)19(14-27)13-17-5-3-2-4-6-17/h2-8,10-11,16,19-20H,9,12-15H2,1H3/t19-,20-/m1/s1. The monoisotopic (exact) mass is 391 g/mol. The van der Waals surface area contributed by atoms with Crippen molar-refractivity contribution in [1.29, 1.82) is 0 Å². The molecule has 1 aliphatic heterocycles. The SMILES string of the molecule is Cn1cnc(C(=O)N2CC[C@@H](OCc3ccncc3)[C@H](Cc3ccccc3)C2)n1. The number of piperidine rings is 1. The van der Waals surface area contributed by atoms with E-state index in [2.05, 4.69) is 27.2 Å². The molecule has 150 valence electrons. The number of hydrogen-bond acceptors (Lipinski definition) is 5. The number of rotatable bonds is 6. The molecular formula is C22H25N5O2. The summed E-state index contributed by atoms with van der Waals surface area (Å²) in [5, 5.41) is 4.17. The summed E-state index contributed by atoms with van der Waals surface area (Å²) in [6, 6.07) is 14.3. The Morgan fingerprint density at radius 3 is 2.66 bits per heavy atom. The van der Waals surface area contributed by atoms with Gasteiger partial charge in [-0.15, -0.1) is 5.10 Å². The van der Waals surface area contributed by atoms with E-state index in [1.165, 1.54) is 5.56 Å². The number of ether oxygens (including phenoxy) is 1. The van der Waals surface area contributed by atoms with Crippen LogP contribution in [-0.2, 0) is 24.8 Å². The van der Waals surface area contributed by atoms with E-state index < -0.39 is 0 Å². The van der Waals surface area contributed by atoms with Gasteiger partial charge in [0.15, 0.2) is 0 Å². The molecule has 7 nitrogen and oxygen atoms in total. The highest BCUT2D eigenvalue weighted by Crippen LogP contribution is 2.26. The fourth-order valence-corrected chi connectivity index (χ4v) is 3.79. The molecule has 4 rings (SSSR count). The number of nitrogens with zero attached hydrogens (tertiary/aromatic N) is 5. The second-order valence-electron chi connectivity index (χ2n) is 7.44. The van der Waals surface area contributed by atoms with Crippen LogP contribution in [0.15, 0.2) is 61.2 Å². The Morgan fingerprint density at radius 1 is 1.14 bits per heavy atom. The van der Waals surface area contributed by atoms with Crippen LogP contribution >= 0.6 is 0 Å². The van der Waals surface area contributed by atoms with Gasteiger partial charge in [-0.25, -0.2) is 4.98 Å². The summed E-state index contributed by atoms with van der Waals surface area (Å²) < 4.78 is 7.85. The summed E-state index contributed by atoms with van der Waals surface area (Å²) in [6.07, 6.45) is 6.86. The maximum absolute atomic E-state index is 12.8. The van der Waals surface area contributed by atoms with Crippen molar-refractivity contribution in [3.8, 4) is 0 Å². The van der Waals surface area contributed by atoms with Crippen LogP contribution in [0.5, 0.6) is 0 Å². The summed E-state index contributed by atoms with van der Waals surface area (Å²) in [5.41, 5.74) is 2.36. The average molecular weight is 391 g/mol. The van der Waals surface area contributed by atoms with Crippen LogP contribution in [0.3, 0.4) is 0 Å². The summed E-state index contributed by atoms with van der Waals surface area (Å²) in [5.74, 6) is 0.346. The zero-order valence-electron chi connectivity index (χ0n) is 16.5. The number of benzene rings is 1. The number of carbonyl (C=O) groups excluding carboxylic acids is 1. The van der Waals surface area contributed by atoms with Gasteiger partial charge < -0.3 is 9.64 Å². The number of hydrogen-bond donors (Lipinski definition) is 0. The topological polar surface area (TPSA) is 73.1 Å². The predicted octanol–water partition coefficient (Wildman–Crippen LogP) is 2.50. The van der Waals surface area contributed by atoms with Crippen LogP contribution in [0.2, 0.25) is 0 Å². The quantitative estimate of drug-likeness (QED) is 0.646. The molecule has 1 amide bonds. The first-order valence-electron chi connectivity index (χ1n) is 9.88. The van der Waals surface area contributed by atoms with Crippen molar-refractivity contribution >= 4 is 5.91 Å². The highest BCUT2D eigenvalue weighted by Gasteiger charge is 2.33. The maximum atomic E-state index is 12.8. The number of pyridine rings is 1. The number of aryl methyl sites for hydroxylation is 1. The molecule has 1 fully saturated rings. The molecule has 0 aliphatic carbocycles. The number of carbonyl (C=O) groups is 1. The van der Waals surface area contributed by atoms with E-state index in [0.29, 0.717) is 19.7 Å². The molecule has 0 bridgehead atoms. The van der Waals surface area contributed by atoms with Crippen LogP contribution in [0.25, 0.3) is 0 Å². The van der Waals surface area contributed by atoms with Gasteiger partial charge in [-0.1, -0.05) is 30.3 Å². The normalized spacial score (nSPS) is 19.3. The molecule has 2 aromatic heterocycles. The highest BCUT2D eigenvalue weighted by atomic mass is 16.5. The van der Waals surface area contributed by atoms with E-state index in [4.69, 9.17) is 4.74 Å². The first-order chi connectivity index (χ1) is 14.2. The minimum Gasteiger partial charge on any atom is -0.373 e. The molecule has 7 heteroatoms. The Morgan fingerprint density at radius 2 is 1.93 bits per heavy atom. The zero-order chi connectivity index (χ0) is 20.1. The third-order valence-corrected chi connectivity index (χ3v) is 5.30. The summed E-state index contributed by atoms with van der Waals surface area (Å²) in [7, 11) is 1.77. The Balaban J connectivity index is 1.47. The minimum absolute atomic E-state index is 0.0871. The second-order valence-corrected chi connectivity index (χ2v) is 7.44. The van der Waals surface area contributed by atoms with Crippen LogP contribution in [-0.4, -0.2) is 49.7 Å². The predicted molar refractivity (Wildman–Crippen MR) is 108 cm³/mol. The van der Waals surface area contributed by atoms with Crippen molar-refractivity contribution in [3.63, 3.8) is 0 Å². The Hall–Kier alpha value is -3.06. The van der Waals surface area contributed by atoms with Gasteiger partial charge in [-0.3, -0.25) is 14.5 Å². The Kier molecular flexibility index (Phi) is 5.95. The third-order valence-electron chi connectivity index (χ3n) is 5.30. The first kappa shape index (κ1) is 19.3. The molecule has 3 heterocycles. The van der Waals surface area contributed by atoms with E-state index in [-0.39, 0.29) is 23.8 Å². The van der Waals surface area contributed by atoms with Gasteiger partial charge in [0.25, 0.3) is 5.91 Å². The van der Waals surface area contributed by atoms with Crippen molar-refractivity contribution in [1.82, 2.24) is 24.6 Å². The lowest BCUT2D eigenvalue weighted by Gasteiger charge is -2.38. The van der Waals surface area contributed by atoms with E-state index in [9.17, 15) is 4.79 Å². The van der Waals surface area contributed by atoms with Gasteiger partial charge in [-0.05, 0) is 36.1 Å². The molecule has 1 saturated heterocycles. The summed E-state index contributed by atoms with van der Waals surface area (Å²) in [4.78, 5) is 22.9. The van der Waals surface area contributed by atoms with E-state index in [0.717, 1.165) is 18.4 Å². The molecule has 0 N–H and O–H groups in total. The van der Waals surface area contributed by atoms with Gasteiger partial charge in [0.1, 0.15) is 6.33 Å². The summed E-state index contributed by atoms with van der Waals surface area (Å²) >= 11 is 0. The second kappa shape index (κ2) is 8.96. The molecule has 29 heavy (non-hydrogen) atoms. The maximum Gasteiger partial charge on any atom is 0.293 e. The smallest absolute Gasteiger partial charge is 0.293 e. The van der Waals surface area contributed by atoms with Crippen molar-refractivity contribution in [2.24, 2.45) is 13.0 Å². The number of likely N-dealkylation sites (tertiary alicyclic amines) is 1. The van der Waals surface area contributed by atoms with Crippen molar-refractivity contribution in [2.45, 2.75) is 25.6 Å². The Bertz CT molecular complexity index is 929. The van der Waals surface area contributed by atoms with Gasteiger partial charge in [0.2, 0.25) is 5.82 Å². The number of aromatic nitrogens is 4. The summed E-state index contributed by atoms with van der Waals surface area (Å²) in [6.45, 7) is 1.82. The number of amides is 1. The van der Waals surface area contributed by atoms with Crippen LogP contribution in [0.4, 0.5) is 0 Å². The molecule has 2 atom stereocenters. The molecule has 3 aromatic rings. The molecule has 0 unspecified atom stereocenters. The Labute approximate surface area is 170 Å². The molecule has 1 aromatic carbocycles. The minimum atomic E-state index is -0.115. The van der Waals surface area contributed by atoms with Crippen LogP contribution in [0.1, 0.15) is 28.2 Å². The average Bonchev–Trinajstić information content (AvgIpc) is 3.20. The fourth-order valence-electron chi connectivity index (χ4n) is 3.79. The van der Waals surface area contributed by atoms with E-state index in [1.807, 2.05) is 35.2 Å². The van der Waals surface area contributed by atoms with Crippen LogP contribution < -0.4 is 0 Å².